The van der Waals surface area contributed by atoms with E-state index in [2.05, 4.69) is 41.9 Å². The van der Waals surface area contributed by atoms with Crippen LogP contribution in [0.1, 0.15) is 45.9 Å². The van der Waals surface area contributed by atoms with E-state index in [1.165, 1.54) is 5.69 Å². The Morgan fingerprint density at radius 1 is 1.41 bits per heavy atom. The first-order valence-electron chi connectivity index (χ1n) is 6.61. The summed E-state index contributed by atoms with van der Waals surface area (Å²) in [5, 5.41) is 7.86. The minimum atomic E-state index is 0.159. The highest BCUT2D eigenvalue weighted by atomic mass is 16.5. The summed E-state index contributed by atoms with van der Waals surface area (Å²) in [4.78, 5) is 0. The number of likely N-dealkylation sites (N-methyl/N-ethyl adjacent to an activating group) is 1. The van der Waals surface area contributed by atoms with Crippen LogP contribution < -0.4 is 5.32 Å². The van der Waals surface area contributed by atoms with Crippen LogP contribution in [0.25, 0.3) is 0 Å². The van der Waals surface area contributed by atoms with Crippen molar-refractivity contribution in [1.82, 2.24) is 15.1 Å². The fraction of sp³-hybridized carbons (Fsp3) is 0.769. The van der Waals surface area contributed by atoms with Crippen molar-refractivity contribution in [3.05, 3.63) is 18.0 Å². The molecule has 0 saturated heterocycles. The van der Waals surface area contributed by atoms with Gasteiger partial charge in [0.15, 0.2) is 0 Å². The molecule has 0 bridgehead atoms. The number of hydrogen-bond donors (Lipinski definition) is 1. The molecule has 1 aromatic heterocycles. The number of nitrogens with one attached hydrogen (secondary N) is 1. The Morgan fingerprint density at radius 2 is 2.18 bits per heavy atom. The van der Waals surface area contributed by atoms with Crippen LogP contribution >= 0.6 is 0 Å². The van der Waals surface area contributed by atoms with Gasteiger partial charge in [0.05, 0.1) is 17.8 Å². The topological polar surface area (TPSA) is 39.1 Å². The predicted octanol–water partition coefficient (Wildman–Crippen LogP) is 2.37. The van der Waals surface area contributed by atoms with E-state index in [4.69, 9.17) is 4.74 Å². The van der Waals surface area contributed by atoms with Gasteiger partial charge in [0, 0.05) is 19.3 Å². The molecule has 0 aliphatic heterocycles. The summed E-state index contributed by atoms with van der Waals surface area (Å²) in [6.07, 6.45) is 3.12. The molecule has 2 atom stereocenters. The third-order valence-corrected chi connectivity index (χ3v) is 2.83. The maximum absolute atomic E-state index is 5.71. The van der Waals surface area contributed by atoms with Gasteiger partial charge in [-0.1, -0.05) is 13.8 Å². The summed E-state index contributed by atoms with van der Waals surface area (Å²) in [5.41, 5.74) is 1.22. The number of hydrogen-bond acceptors (Lipinski definition) is 3. The van der Waals surface area contributed by atoms with Crippen molar-refractivity contribution in [2.45, 2.75) is 52.8 Å². The van der Waals surface area contributed by atoms with Gasteiger partial charge in [0.2, 0.25) is 0 Å². The molecule has 1 N–H and O–H groups in total. The summed E-state index contributed by atoms with van der Waals surface area (Å²) < 4.78 is 7.78. The van der Waals surface area contributed by atoms with Crippen LogP contribution in [0, 0.1) is 0 Å². The molecular formula is C13H25N3O. The van der Waals surface area contributed by atoms with E-state index in [1.807, 2.05) is 13.1 Å². The van der Waals surface area contributed by atoms with Crippen molar-refractivity contribution in [3.8, 4) is 0 Å². The van der Waals surface area contributed by atoms with Crippen LogP contribution in [0.4, 0.5) is 0 Å². The van der Waals surface area contributed by atoms with Crippen molar-refractivity contribution in [1.29, 1.82) is 0 Å². The molecule has 0 spiro atoms. The first-order chi connectivity index (χ1) is 8.24. The zero-order valence-electron chi connectivity index (χ0n) is 11.4. The van der Waals surface area contributed by atoms with E-state index < -0.39 is 0 Å². The molecule has 0 fully saturated rings. The second-order valence-corrected chi connectivity index (χ2v) is 4.18. The second kappa shape index (κ2) is 7.45. The Hall–Kier alpha value is -0.870. The minimum Gasteiger partial charge on any atom is -0.377 e. The summed E-state index contributed by atoms with van der Waals surface area (Å²) in [6.45, 7) is 11.1. The highest BCUT2D eigenvalue weighted by molar-refractivity contribution is 5.09. The highest BCUT2D eigenvalue weighted by Crippen LogP contribution is 2.19. The lowest BCUT2D eigenvalue weighted by molar-refractivity contribution is 0.0452. The molecule has 0 radical (unpaired) electrons. The SMILES string of the molecule is CCCn1nccc1C(NCC)C(C)OCC. The predicted molar refractivity (Wildman–Crippen MR) is 70.0 cm³/mol. The Morgan fingerprint density at radius 3 is 2.76 bits per heavy atom. The molecule has 1 aromatic rings. The quantitative estimate of drug-likeness (QED) is 0.757. The minimum absolute atomic E-state index is 0.159. The molecule has 0 aromatic carbocycles. The van der Waals surface area contributed by atoms with Crippen LogP contribution in [-0.2, 0) is 11.3 Å². The monoisotopic (exact) mass is 239 g/mol. The third kappa shape index (κ3) is 3.82. The molecule has 0 aliphatic rings. The molecule has 0 saturated carbocycles. The summed E-state index contributed by atoms with van der Waals surface area (Å²) in [5.74, 6) is 0. The lowest BCUT2D eigenvalue weighted by Crippen LogP contribution is -2.33. The molecule has 2 unspecified atom stereocenters. The Balaban J connectivity index is 2.84. The maximum Gasteiger partial charge on any atom is 0.0756 e. The smallest absolute Gasteiger partial charge is 0.0756 e. The highest BCUT2D eigenvalue weighted by Gasteiger charge is 2.21. The standard InChI is InChI=1S/C13H25N3O/c1-5-10-16-12(8-9-15-16)13(14-6-2)11(4)17-7-3/h8-9,11,13-14H,5-7,10H2,1-4H3. The van der Waals surface area contributed by atoms with Crippen molar-refractivity contribution in [2.75, 3.05) is 13.2 Å². The number of aromatic nitrogens is 2. The van der Waals surface area contributed by atoms with Gasteiger partial charge in [-0.2, -0.15) is 5.10 Å². The second-order valence-electron chi connectivity index (χ2n) is 4.18. The number of nitrogens with zero attached hydrogens (tertiary/aromatic N) is 2. The van der Waals surface area contributed by atoms with Crippen LogP contribution in [0.3, 0.4) is 0 Å². The maximum atomic E-state index is 5.71. The summed E-state index contributed by atoms with van der Waals surface area (Å²) >= 11 is 0. The zero-order chi connectivity index (χ0) is 12.7. The van der Waals surface area contributed by atoms with Gasteiger partial charge in [-0.3, -0.25) is 4.68 Å². The molecule has 4 nitrogen and oxygen atoms in total. The summed E-state index contributed by atoms with van der Waals surface area (Å²) in [7, 11) is 0. The van der Waals surface area contributed by atoms with Gasteiger partial charge in [-0.05, 0) is 32.9 Å². The van der Waals surface area contributed by atoms with Crippen molar-refractivity contribution in [3.63, 3.8) is 0 Å². The lowest BCUT2D eigenvalue weighted by Gasteiger charge is -2.25. The van der Waals surface area contributed by atoms with E-state index in [0.29, 0.717) is 0 Å². The number of rotatable bonds is 8. The van der Waals surface area contributed by atoms with Crippen molar-refractivity contribution >= 4 is 0 Å². The molecule has 0 aliphatic carbocycles. The molecular weight excluding hydrogens is 214 g/mol. The first kappa shape index (κ1) is 14.2. The first-order valence-corrected chi connectivity index (χ1v) is 6.61. The Bertz CT molecular complexity index is 311. The van der Waals surface area contributed by atoms with Crippen LogP contribution in [0.15, 0.2) is 12.3 Å². The average Bonchev–Trinajstić information content (AvgIpc) is 2.75. The van der Waals surface area contributed by atoms with Crippen LogP contribution in [0.2, 0.25) is 0 Å². The largest absolute Gasteiger partial charge is 0.377 e. The Labute approximate surface area is 104 Å². The Kier molecular flexibility index (Phi) is 6.22. The molecule has 1 heterocycles. The fourth-order valence-electron chi connectivity index (χ4n) is 2.10. The van der Waals surface area contributed by atoms with Gasteiger partial charge in [0.1, 0.15) is 0 Å². The molecule has 0 amide bonds. The zero-order valence-corrected chi connectivity index (χ0v) is 11.4. The van der Waals surface area contributed by atoms with Gasteiger partial charge in [0.25, 0.3) is 0 Å². The van der Waals surface area contributed by atoms with E-state index in [9.17, 15) is 0 Å². The van der Waals surface area contributed by atoms with E-state index in [1.54, 1.807) is 0 Å². The van der Waals surface area contributed by atoms with Crippen LogP contribution in [0.5, 0.6) is 0 Å². The van der Waals surface area contributed by atoms with Crippen molar-refractivity contribution in [2.24, 2.45) is 0 Å². The van der Waals surface area contributed by atoms with Crippen LogP contribution in [-0.4, -0.2) is 29.0 Å². The molecule has 4 heteroatoms. The lowest BCUT2D eigenvalue weighted by atomic mass is 10.1. The normalized spacial score (nSPS) is 14.8. The van der Waals surface area contributed by atoms with Gasteiger partial charge in [-0.15, -0.1) is 0 Å². The molecule has 17 heavy (non-hydrogen) atoms. The fourth-order valence-corrected chi connectivity index (χ4v) is 2.10. The van der Waals surface area contributed by atoms with Gasteiger partial charge in [-0.25, -0.2) is 0 Å². The average molecular weight is 239 g/mol. The van der Waals surface area contributed by atoms with Gasteiger partial charge < -0.3 is 10.1 Å². The van der Waals surface area contributed by atoms with Crippen molar-refractivity contribution < 1.29 is 4.74 Å². The molecule has 98 valence electrons. The summed E-state index contributed by atoms with van der Waals surface area (Å²) in [6, 6.07) is 2.30. The van der Waals surface area contributed by atoms with Gasteiger partial charge >= 0.3 is 0 Å². The number of aryl methyl sites for hydroxylation is 1. The van der Waals surface area contributed by atoms with E-state index in [0.717, 1.165) is 26.1 Å². The van der Waals surface area contributed by atoms with E-state index in [-0.39, 0.29) is 12.1 Å². The third-order valence-electron chi connectivity index (χ3n) is 2.83. The number of ether oxygens (including phenoxy) is 1. The molecule has 1 rings (SSSR count). The van der Waals surface area contributed by atoms with E-state index >= 15 is 0 Å².